The van der Waals surface area contributed by atoms with Gasteiger partial charge in [0.2, 0.25) is 0 Å². The van der Waals surface area contributed by atoms with Crippen molar-refractivity contribution in [2.75, 3.05) is 0 Å². The van der Waals surface area contributed by atoms with Crippen LogP contribution >= 0.6 is 11.8 Å². The summed E-state index contributed by atoms with van der Waals surface area (Å²) in [5, 5.41) is 10.3. The lowest BCUT2D eigenvalue weighted by Gasteiger charge is -1.98. The van der Waals surface area contributed by atoms with Gasteiger partial charge in [-0.15, -0.1) is 0 Å². The topological polar surface area (TPSA) is 62.5 Å². The Morgan fingerprint density at radius 2 is 2.13 bits per heavy atom. The van der Waals surface area contributed by atoms with Gasteiger partial charge in [0.15, 0.2) is 0 Å². The van der Waals surface area contributed by atoms with E-state index in [-0.39, 0.29) is 0 Å². The minimum absolute atomic E-state index is 0.411. The Bertz CT molecular complexity index is 492. The highest BCUT2D eigenvalue weighted by Crippen LogP contribution is 2.22. The predicted molar refractivity (Wildman–Crippen MR) is 55.1 cm³/mol. The molecule has 0 aliphatic carbocycles. The first-order valence-corrected chi connectivity index (χ1v) is 5.01. The Hall–Kier alpha value is -1.93. The number of aromatic nitrogens is 3. The molecule has 0 aromatic carbocycles. The maximum absolute atomic E-state index is 8.68. The molecule has 0 saturated carbocycles. The van der Waals surface area contributed by atoms with Gasteiger partial charge in [0.05, 0.1) is 0 Å². The smallest absolute Gasteiger partial charge is 0.141 e. The zero-order chi connectivity index (χ0) is 10.5. The minimum atomic E-state index is 0.411. The van der Waals surface area contributed by atoms with E-state index in [0.717, 1.165) is 10.1 Å². The fraction of sp³-hybridized carbons (Fsp3) is 0. The molecule has 0 aliphatic heterocycles. The zero-order valence-electron chi connectivity index (χ0n) is 7.66. The van der Waals surface area contributed by atoms with E-state index in [1.165, 1.54) is 18.1 Å². The molecule has 0 fully saturated rings. The van der Waals surface area contributed by atoms with Gasteiger partial charge in [-0.05, 0) is 30.0 Å². The second-order valence-electron chi connectivity index (χ2n) is 2.62. The second kappa shape index (κ2) is 4.53. The van der Waals surface area contributed by atoms with Crippen LogP contribution in [-0.4, -0.2) is 15.0 Å². The molecule has 5 heteroatoms. The van der Waals surface area contributed by atoms with Crippen LogP contribution in [0.5, 0.6) is 0 Å². The molecular weight excluding hydrogens is 208 g/mol. The first kappa shape index (κ1) is 9.62. The molecular formula is C10H6N4S. The summed E-state index contributed by atoms with van der Waals surface area (Å²) < 4.78 is 0. The number of nitriles is 1. The largest absolute Gasteiger partial charge is 0.245 e. The monoisotopic (exact) mass is 214 g/mol. The summed E-state index contributed by atoms with van der Waals surface area (Å²) in [6, 6.07) is 9.11. The molecule has 4 nitrogen and oxygen atoms in total. The normalized spacial score (nSPS) is 9.53. The third-order valence-electron chi connectivity index (χ3n) is 1.60. The van der Waals surface area contributed by atoms with Crippen molar-refractivity contribution in [3.05, 3.63) is 42.5 Å². The summed E-state index contributed by atoms with van der Waals surface area (Å²) in [6.45, 7) is 0. The van der Waals surface area contributed by atoms with Gasteiger partial charge in [0.25, 0.3) is 0 Å². The van der Waals surface area contributed by atoms with Gasteiger partial charge in [-0.25, -0.2) is 15.0 Å². The van der Waals surface area contributed by atoms with Crippen molar-refractivity contribution >= 4 is 11.8 Å². The van der Waals surface area contributed by atoms with E-state index in [9.17, 15) is 0 Å². The lowest BCUT2D eigenvalue weighted by Crippen LogP contribution is -1.86. The average molecular weight is 214 g/mol. The quantitative estimate of drug-likeness (QED) is 0.714. The highest BCUT2D eigenvalue weighted by Gasteiger charge is 2.00. The van der Waals surface area contributed by atoms with Crippen molar-refractivity contribution in [3.63, 3.8) is 0 Å². The van der Waals surface area contributed by atoms with E-state index in [0.29, 0.717) is 5.69 Å². The molecule has 0 radical (unpaired) electrons. The molecule has 0 bridgehead atoms. The van der Waals surface area contributed by atoms with Crippen molar-refractivity contribution < 1.29 is 0 Å². The molecule has 2 aromatic rings. The second-order valence-corrected chi connectivity index (χ2v) is 3.66. The van der Waals surface area contributed by atoms with Crippen molar-refractivity contribution in [3.8, 4) is 6.07 Å². The van der Waals surface area contributed by atoms with E-state index in [4.69, 9.17) is 5.26 Å². The van der Waals surface area contributed by atoms with Crippen LogP contribution in [0, 0.1) is 11.3 Å². The number of pyridine rings is 1. The Morgan fingerprint density at radius 1 is 1.20 bits per heavy atom. The van der Waals surface area contributed by atoms with E-state index in [1.54, 1.807) is 24.4 Å². The van der Waals surface area contributed by atoms with Crippen molar-refractivity contribution in [2.45, 2.75) is 10.1 Å². The number of nitrogens with zero attached hydrogens (tertiary/aromatic N) is 4. The molecule has 0 saturated heterocycles. The molecule has 0 atom stereocenters. The first-order valence-electron chi connectivity index (χ1n) is 4.19. The lowest BCUT2D eigenvalue weighted by atomic mass is 10.4. The molecule has 0 amide bonds. The third kappa shape index (κ3) is 2.51. The zero-order valence-corrected chi connectivity index (χ0v) is 8.48. The van der Waals surface area contributed by atoms with Crippen LogP contribution in [0.25, 0.3) is 0 Å². The maximum Gasteiger partial charge on any atom is 0.141 e. The molecule has 0 N–H and O–H groups in total. The summed E-state index contributed by atoms with van der Waals surface area (Å²) >= 11 is 1.40. The molecule has 2 rings (SSSR count). The molecule has 2 aromatic heterocycles. The highest BCUT2D eigenvalue weighted by atomic mass is 32.2. The number of rotatable bonds is 2. The molecule has 0 unspecified atom stereocenters. The molecule has 0 spiro atoms. The minimum Gasteiger partial charge on any atom is -0.245 e. The summed E-state index contributed by atoms with van der Waals surface area (Å²) in [7, 11) is 0. The van der Waals surface area contributed by atoms with Gasteiger partial charge in [0, 0.05) is 6.20 Å². The van der Waals surface area contributed by atoms with Crippen LogP contribution in [0.1, 0.15) is 5.69 Å². The Morgan fingerprint density at radius 3 is 2.87 bits per heavy atom. The van der Waals surface area contributed by atoms with Crippen LogP contribution in [-0.2, 0) is 0 Å². The van der Waals surface area contributed by atoms with Crippen molar-refractivity contribution in [2.24, 2.45) is 0 Å². The van der Waals surface area contributed by atoms with Crippen LogP contribution in [0.3, 0.4) is 0 Å². The number of hydrogen-bond donors (Lipinski definition) is 0. The third-order valence-corrected chi connectivity index (χ3v) is 2.49. The van der Waals surface area contributed by atoms with Gasteiger partial charge < -0.3 is 0 Å². The van der Waals surface area contributed by atoms with E-state index in [2.05, 4.69) is 15.0 Å². The van der Waals surface area contributed by atoms with Crippen LogP contribution in [0.4, 0.5) is 0 Å². The molecule has 72 valence electrons. The summed E-state index contributed by atoms with van der Waals surface area (Å²) in [5.74, 6) is 0. The standard InChI is InChI=1S/C10H6N4S/c11-6-8-2-1-3-10(14-8)15-9-4-5-12-7-13-9/h1-5,7H. The van der Waals surface area contributed by atoms with Gasteiger partial charge in [-0.3, -0.25) is 0 Å². The molecule has 0 aliphatic rings. The van der Waals surface area contributed by atoms with E-state index >= 15 is 0 Å². The summed E-state index contributed by atoms with van der Waals surface area (Å²) in [5.41, 5.74) is 0.411. The van der Waals surface area contributed by atoms with Gasteiger partial charge in [-0.1, -0.05) is 6.07 Å². The highest BCUT2D eigenvalue weighted by molar-refractivity contribution is 7.99. The Balaban J connectivity index is 2.22. The van der Waals surface area contributed by atoms with Gasteiger partial charge in [-0.2, -0.15) is 5.26 Å². The average Bonchev–Trinajstić information content (AvgIpc) is 2.31. The predicted octanol–water partition coefficient (Wildman–Crippen LogP) is 1.89. The van der Waals surface area contributed by atoms with Crippen LogP contribution in [0.15, 0.2) is 46.8 Å². The molecule has 15 heavy (non-hydrogen) atoms. The Kier molecular flexibility index (Phi) is 2.90. The maximum atomic E-state index is 8.68. The summed E-state index contributed by atoms with van der Waals surface area (Å²) in [4.78, 5) is 12.0. The number of hydrogen-bond acceptors (Lipinski definition) is 5. The molecule has 2 heterocycles. The fourth-order valence-corrected chi connectivity index (χ4v) is 1.71. The van der Waals surface area contributed by atoms with E-state index in [1.807, 2.05) is 12.1 Å². The lowest BCUT2D eigenvalue weighted by molar-refractivity contribution is 1.03. The first-order chi connectivity index (χ1) is 7.38. The van der Waals surface area contributed by atoms with Gasteiger partial charge in [0.1, 0.15) is 28.1 Å². The Labute approximate surface area is 91.0 Å². The van der Waals surface area contributed by atoms with Crippen molar-refractivity contribution in [1.82, 2.24) is 15.0 Å². The van der Waals surface area contributed by atoms with E-state index < -0.39 is 0 Å². The fourth-order valence-electron chi connectivity index (χ4n) is 0.980. The summed E-state index contributed by atoms with van der Waals surface area (Å²) in [6.07, 6.45) is 3.15. The van der Waals surface area contributed by atoms with Crippen molar-refractivity contribution in [1.29, 1.82) is 5.26 Å². The van der Waals surface area contributed by atoms with Crippen LogP contribution < -0.4 is 0 Å². The van der Waals surface area contributed by atoms with Crippen LogP contribution in [0.2, 0.25) is 0 Å². The SMILES string of the molecule is N#Cc1cccc(Sc2ccncn2)n1. The van der Waals surface area contributed by atoms with Gasteiger partial charge >= 0.3 is 0 Å².